The number of nitrogens with zero attached hydrogens (tertiary/aromatic N) is 3. The summed E-state index contributed by atoms with van der Waals surface area (Å²) in [4.78, 5) is 13.8. The van der Waals surface area contributed by atoms with Crippen molar-refractivity contribution in [3.8, 4) is 11.3 Å². The van der Waals surface area contributed by atoms with Gasteiger partial charge in [0.15, 0.2) is 5.82 Å². The summed E-state index contributed by atoms with van der Waals surface area (Å²) in [6, 6.07) is 15.9. The van der Waals surface area contributed by atoms with Gasteiger partial charge in [0.25, 0.3) is 0 Å². The fourth-order valence-electron chi connectivity index (χ4n) is 3.08. The first kappa shape index (κ1) is 21.6. The molecule has 0 fully saturated rings. The lowest BCUT2D eigenvalue weighted by Gasteiger charge is -2.19. The number of pyridine rings is 1. The Labute approximate surface area is 184 Å². The third kappa shape index (κ3) is 5.33. The van der Waals surface area contributed by atoms with E-state index in [0.717, 1.165) is 11.1 Å². The fourth-order valence-corrected chi connectivity index (χ4v) is 3.08. The van der Waals surface area contributed by atoms with Gasteiger partial charge in [0.05, 0.1) is 16.8 Å². The maximum Gasteiger partial charge on any atom is 0.225 e. The van der Waals surface area contributed by atoms with Crippen molar-refractivity contribution < 1.29 is 13.9 Å². The van der Waals surface area contributed by atoms with Crippen LogP contribution < -0.4 is 10.6 Å². The van der Waals surface area contributed by atoms with Gasteiger partial charge in [0, 0.05) is 18.7 Å². The number of fused-ring (bicyclic) bond motifs is 1. The maximum absolute atomic E-state index is 13.3. The van der Waals surface area contributed by atoms with Gasteiger partial charge in [0.2, 0.25) is 5.95 Å². The van der Waals surface area contributed by atoms with E-state index in [-0.39, 0.29) is 18.2 Å². The Morgan fingerprint density at radius 1 is 0.812 bits per heavy atom. The standard InChI is InChI=1S/C24H23F2N5O/c1-24(2,32)14-28-22-21-20(12-11-19(29-21)16-5-9-18(26)10-6-16)30-23(31-22)27-13-15-3-7-17(25)8-4-15/h3-12,32H,13-14H2,1-2H3,(H2,27,28,30,31). The summed E-state index contributed by atoms with van der Waals surface area (Å²) in [6.07, 6.45) is 0. The molecule has 4 rings (SSSR count). The molecule has 0 amide bonds. The van der Waals surface area contributed by atoms with Crippen molar-refractivity contribution in [2.24, 2.45) is 0 Å². The second-order valence-electron chi connectivity index (χ2n) is 8.11. The van der Waals surface area contributed by atoms with Gasteiger partial charge < -0.3 is 15.7 Å². The Kier molecular flexibility index (Phi) is 5.96. The molecule has 0 atom stereocenters. The Balaban J connectivity index is 1.68. The van der Waals surface area contributed by atoms with Crippen LogP contribution in [0.3, 0.4) is 0 Å². The Morgan fingerprint density at radius 2 is 1.47 bits per heavy atom. The van der Waals surface area contributed by atoms with Gasteiger partial charge in [-0.3, -0.25) is 0 Å². The molecule has 6 nitrogen and oxygen atoms in total. The molecule has 0 aliphatic carbocycles. The minimum absolute atomic E-state index is 0.249. The highest BCUT2D eigenvalue weighted by Crippen LogP contribution is 2.26. The summed E-state index contributed by atoms with van der Waals surface area (Å²) in [5.41, 5.74) is 2.47. The summed E-state index contributed by atoms with van der Waals surface area (Å²) < 4.78 is 26.4. The normalized spacial score (nSPS) is 11.5. The third-order valence-electron chi connectivity index (χ3n) is 4.73. The average molecular weight is 435 g/mol. The minimum Gasteiger partial charge on any atom is -0.389 e. The Hall–Kier alpha value is -3.65. The van der Waals surface area contributed by atoms with Crippen molar-refractivity contribution in [3.05, 3.63) is 77.9 Å². The van der Waals surface area contributed by atoms with Crippen LogP contribution in [0.5, 0.6) is 0 Å². The van der Waals surface area contributed by atoms with Crippen molar-refractivity contribution in [2.45, 2.75) is 26.0 Å². The molecule has 32 heavy (non-hydrogen) atoms. The van der Waals surface area contributed by atoms with Crippen molar-refractivity contribution in [1.29, 1.82) is 0 Å². The van der Waals surface area contributed by atoms with Crippen molar-refractivity contribution in [2.75, 3.05) is 17.2 Å². The van der Waals surface area contributed by atoms with Gasteiger partial charge in [-0.2, -0.15) is 4.98 Å². The van der Waals surface area contributed by atoms with E-state index in [0.29, 0.717) is 35.0 Å². The van der Waals surface area contributed by atoms with Crippen LogP contribution in [-0.2, 0) is 6.54 Å². The van der Waals surface area contributed by atoms with E-state index in [9.17, 15) is 13.9 Å². The molecule has 0 saturated heterocycles. The van der Waals surface area contributed by atoms with Crippen molar-refractivity contribution >= 4 is 22.8 Å². The van der Waals surface area contributed by atoms with Crippen LogP contribution in [0.15, 0.2) is 60.7 Å². The lowest BCUT2D eigenvalue weighted by atomic mass is 10.1. The second-order valence-corrected chi connectivity index (χ2v) is 8.11. The highest BCUT2D eigenvalue weighted by Gasteiger charge is 2.16. The summed E-state index contributed by atoms with van der Waals surface area (Å²) in [5.74, 6) is 0.221. The molecule has 2 heterocycles. The van der Waals surface area contributed by atoms with Crippen molar-refractivity contribution in [3.63, 3.8) is 0 Å². The third-order valence-corrected chi connectivity index (χ3v) is 4.73. The predicted octanol–water partition coefficient (Wildman–Crippen LogP) is 4.76. The molecule has 0 radical (unpaired) electrons. The lowest BCUT2D eigenvalue weighted by Crippen LogP contribution is -2.29. The monoisotopic (exact) mass is 435 g/mol. The van der Waals surface area contributed by atoms with Gasteiger partial charge in [-0.15, -0.1) is 0 Å². The molecule has 0 saturated carbocycles. The molecule has 3 N–H and O–H groups in total. The zero-order valence-corrected chi connectivity index (χ0v) is 17.7. The number of anilines is 2. The molecule has 0 spiro atoms. The molecule has 8 heteroatoms. The van der Waals surface area contributed by atoms with E-state index in [1.165, 1.54) is 24.3 Å². The Morgan fingerprint density at radius 3 is 2.12 bits per heavy atom. The zero-order valence-electron chi connectivity index (χ0n) is 17.7. The van der Waals surface area contributed by atoms with Crippen molar-refractivity contribution in [1.82, 2.24) is 15.0 Å². The smallest absolute Gasteiger partial charge is 0.225 e. The molecule has 0 aliphatic rings. The summed E-state index contributed by atoms with van der Waals surface area (Å²) >= 11 is 0. The first-order chi connectivity index (χ1) is 15.3. The van der Waals surface area contributed by atoms with E-state index in [2.05, 4.69) is 25.6 Å². The van der Waals surface area contributed by atoms with E-state index in [4.69, 9.17) is 0 Å². The number of nitrogens with one attached hydrogen (secondary N) is 2. The van der Waals surface area contributed by atoms with Crippen LogP contribution in [0.4, 0.5) is 20.5 Å². The first-order valence-corrected chi connectivity index (χ1v) is 10.2. The fraction of sp³-hybridized carbons (Fsp3) is 0.208. The largest absolute Gasteiger partial charge is 0.389 e. The molecule has 2 aromatic heterocycles. The number of halogens is 2. The number of aliphatic hydroxyl groups is 1. The molecule has 0 aliphatic heterocycles. The van der Waals surface area contributed by atoms with E-state index < -0.39 is 5.60 Å². The van der Waals surface area contributed by atoms with Gasteiger partial charge in [0.1, 0.15) is 17.2 Å². The summed E-state index contributed by atoms with van der Waals surface area (Å²) in [7, 11) is 0. The van der Waals surface area contributed by atoms with Crippen LogP contribution in [0.25, 0.3) is 22.3 Å². The van der Waals surface area contributed by atoms with E-state index in [1.54, 1.807) is 38.1 Å². The number of benzene rings is 2. The maximum atomic E-state index is 13.3. The van der Waals surface area contributed by atoms with Crippen LogP contribution in [0.1, 0.15) is 19.4 Å². The first-order valence-electron chi connectivity index (χ1n) is 10.2. The average Bonchev–Trinajstić information content (AvgIpc) is 2.77. The quantitative estimate of drug-likeness (QED) is 0.388. The van der Waals surface area contributed by atoms with Gasteiger partial charge in [-0.05, 0) is 67.9 Å². The lowest BCUT2D eigenvalue weighted by molar-refractivity contribution is 0.0944. The topological polar surface area (TPSA) is 83.0 Å². The van der Waals surface area contributed by atoms with Crippen LogP contribution >= 0.6 is 0 Å². The highest BCUT2D eigenvalue weighted by atomic mass is 19.1. The van der Waals surface area contributed by atoms with Gasteiger partial charge in [-0.1, -0.05) is 12.1 Å². The second kappa shape index (κ2) is 8.84. The predicted molar refractivity (Wildman–Crippen MR) is 121 cm³/mol. The zero-order chi connectivity index (χ0) is 22.7. The van der Waals surface area contributed by atoms with Crippen LogP contribution in [-0.4, -0.2) is 32.2 Å². The summed E-state index contributed by atoms with van der Waals surface area (Å²) in [6.45, 7) is 4.04. The SMILES string of the molecule is CC(C)(O)CNc1nc(NCc2ccc(F)cc2)nc2ccc(-c3ccc(F)cc3)nc12. The molecule has 0 unspecified atom stereocenters. The molecular formula is C24H23F2N5O. The number of hydrogen-bond acceptors (Lipinski definition) is 6. The molecule has 164 valence electrons. The number of aromatic nitrogens is 3. The van der Waals surface area contributed by atoms with Gasteiger partial charge >= 0.3 is 0 Å². The van der Waals surface area contributed by atoms with Gasteiger partial charge in [-0.25, -0.2) is 18.7 Å². The molecule has 2 aromatic carbocycles. The molecule has 4 aromatic rings. The van der Waals surface area contributed by atoms with E-state index >= 15 is 0 Å². The van der Waals surface area contributed by atoms with E-state index in [1.807, 2.05) is 12.1 Å². The van der Waals surface area contributed by atoms with Crippen LogP contribution in [0.2, 0.25) is 0 Å². The molecule has 0 bridgehead atoms. The highest BCUT2D eigenvalue weighted by molar-refractivity contribution is 5.88. The minimum atomic E-state index is -0.965. The number of hydrogen-bond donors (Lipinski definition) is 3. The molecular weight excluding hydrogens is 412 g/mol. The number of rotatable bonds is 7. The summed E-state index contributed by atoms with van der Waals surface area (Å²) in [5, 5.41) is 16.4. The Bertz CT molecular complexity index is 1220. The van der Waals surface area contributed by atoms with Crippen LogP contribution in [0, 0.1) is 11.6 Å².